The minimum atomic E-state index is -0.700. The second-order valence-corrected chi connectivity index (χ2v) is 5.50. The summed E-state index contributed by atoms with van der Waals surface area (Å²) in [6, 6.07) is 9.69. The molecular formula is C19H22O4. The number of aliphatic hydroxyl groups excluding tert-OH is 2. The molecule has 122 valence electrons. The van der Waals surface area contributed by atoms with E-state index < -0.39 is 12.2 Å². The fourth-order valence-corrected chi connectivity index (χ4v) is 2.28. The lowest BCUT2D eigenvalue weighted by atomic mass is 10.1. The highest BCUT2D eigenvalue weighted by Gasteiger charge is 2.13. The minimum absolute atomic E-state index is 0.261. The summed E-state index contributed by atoms with van der Waals surface area (Å²) < 4.78 is 5.08. The van der Waals surface area contributed by atoms with Gasteiger partial charge < -0.3 is 14.9 Å². The molecule has 4 nitrogen and oxygen atoms in total. The Kier molecular flexibility index (Phi) is 6.78. The van der Waals surface area contributed by atoms with Crippen LogP contribution in [0.25, 0.3) is 6.08 Å². The van der Waals surface area contributed by atoms with Crippen LogP contribution >= 0.6 is 0 Å². The van der Waals surface area contributed by atoms with Gasteiger partial charge in [-0.05, 0) is 18.1 Å². The molecule has 1 aromatic carbocycles. The Hall–Kier alpha value is -2.17. The normalized spacial score (nSPS) is 20.8. The Labute approximate surface area is 136 Å². The van der Waals surface area contributed by atoms with Crippen LogP contribution in [0.4, 0.5) is 0 Å². The van der Waals surface area contributed by atoms with Crippen molar-refractivity contribution in [3.05, 3.63) is 66.3 Å². The zero-order chi connectivity index (χ0) is 16.5. The number of esters is 1. The molecule has 2 rings (SSSR count). The molecule has 2 N–H and O–H groups in total. The number of aliphatic hydroxyl groups is 2. The molecule has 1 unspecified atom stereocenters. The van der Waals surface area contributed by atoms with Gasteiger partial charge in [0, 0.05) is 18.9 Å². The van der Waals surface area contributed by atoms with Gasteiger partial charge in [0.2, 0.25) is 0 Å². The maximum atomic E-state index is 11.1. The Morgan fingerprint density at radius 3 is 2.78 bits per heavy atom. The van der Waals surface area contributed by atoms with Gasteiger partial charge in [-0.15, -0.1) is 0 Å². The lowest BCUT2D eigenvalue weighted by Crippen LogP contribution is -2.18. The topological polar surface area (TPSA) is 66.8 Å². The average molecular weight is 314 g/mol. The number of hydrogen-bond donors (Lipinski definition) is 2. The molecule has 1 aromatic rings. The maximum absolute atomic E-state index is 11.1. The predicted molar refractivity (Wildman–Crippen MR) is 89.5 cm³/mol. The Morgan fingerprint density at radius 1 is 1.26 bits per heavy atom. The molecule has 0 spiro atoms. The van der Waals surface area contributed by atoms with Crippen LogP contribution in [0.2, 0.25) is 0 Å². The van der Waals surface area contributed by atoms with Crippen molar-refractivity contribution in [3.63, 3.8) is 0 Å². The summed E-state index contributed by atoms with van der Waals surface area (Å²) in [6.45, 7) is 0. The number of cyclic esters (lactones) is 1. The largest absolute Gasteiger partial charge is 0.455 e. The molecule has 4 heteroatoms. The van der Waals surface area contributed by atoms with E-state index in [2.05, 4.69) is 0 Å². The van der Waals surface area contributed by atoms with E-state index in [0.717, 1.165) is 5.56 Å². The lowest BCUT2D eigenvalue weighted by molar-refractivity contribution is -0.141. The number of carbonyl (C=O) groups is 1. The highest BCUT2D eigenvalue weighted by molar-refractivity contribution is 5.82. The van der Waals surface area contributed by atoms with Crippen LogP contribution in [0, 0.1) is 0 Å². The van der Waals surface area contributed by atoms with Crippen molar-refractivity contribution in [2.75, 3.05) is 0 Å². The summed E-state index contributed by atoms with van der Waals surface area (Å²) in [5.74, 6) is -0.340. The summed E-state index contributed by atoms with van der Waals surface area (Å²) >= 11 is 0. The Balaban J connectivity index is 1.71. The van der Waals surface area contributed by atoms with E-state index in [1.54, 1.807) is 24.3 Å². The third kappa shape index (κ3) is 6.63. The van der Waals surface area contributed by atoms with Crippen molar-refractivity contribution in [2.24, 2.45) is 0 Å². The first-order valence-electron chi connectivity index (χ1n) is 7.76. The van der Waals surface area contributed by atoms with Crippen LogP contribution in [0.15, 0.2) is 60.7 Å². The summed E-state index contributed by atoms with van der Waals surface area (Å²) in [4.78, 5) is 11.1. The summed E-state index contributed by atoms with van der Waals surface area (Å²) in [5.41, 5.74) is 1.01. The quantitative estimate of drug-likeness (QED) is 0.600. The van der Waals surface area contributed by atoms with Crippen molar-refractivity contribution in [1.29, 1.82) is 0 Å². The molecule has 0 fully saturated rings. The van der Waals surface area contributed by atoms with Crippen LogP contribution in [-0.2, 0) is 9.53 Å². The molecule has 0 saturated heterocycles. The van der Waals surface area contributed by atoms with Gasteiger partial charge in [0.25, 0.3) is 0 Å². The molecule has 3 atom stereocenters. The molecule has 1 aliphatic heterocycles. The van der Waals surface area contributed by atoms with Crippen molar-refractivity contribution in [3.8, 4) is 0 Å². The van der Waals surface area contributed by atoms with Gasteiger partial charge in [-0.1, -0.05) is 54.6 Å². The van der Waals surface area contributed by atoms with Crippen LogP contribution in [0.3, 0.4) is 0 Å². The van der Waals surface area contributed by atoms with E-state index in [4.69, 9.17) is 4.74 Å². The SMILES string of the molecule is O=C1C=CC[C@H](/C=C/CC(O)C[C@@H](O)/C=C/c2ccccc2)O1. The molecule has 0 aliphatic carbocycles. The molecule has 0 bridgehead atoms. The van der Waals surface area contributed by atoms with Crippen LogP contribution < -0.4 is 0 Å². The second-order valence-electron chi connectivity index (χ2n) is 5.50. The third-order valence-corrected chi connectivity index (χ3v) is 3.47. The molecule has 1 aliphatic rings. The monoisotopic (exact) mass is 314 g/mol. The molecule has 0 amide bonds. The van der Waals surface area contributed by atoms with Crippen molar-refractivity contribution in [2.45, 2.75) is 37.6 Å². The number of carbonyl (C=O) groups excluding carboxylic acids is 1. The van der Waals surface area contributed by atoms with Gasteiger partial charge in [0.15, 0.2) is 0 Å². The zero-order valence-electron chi connectivity index (χ0n) is 12.9. The van der Waals surface area contributed by atoms with E-state index in [1.165, 1.54) is 6.08 Å². The highest BCUT2D eigenvalue weighted by Crippen LogP contribution is 2.11. The first kappa shape index (κ1) is 17.2. The Morgan fingerprint density at radius 2 is 2.04 bits per heavy atom. The van der Waals surface area contributed by atoms with E-state index in [1.807, 2.05) is 36.4 Å². The molecule has 0 radical (unpaired) electrons. The summed E-state index contributed by atoms with van der Waals surface area (Å²) in [5, 5.41) is 19.8. The minimum Gasteiger partial charge on any atom is -0.455 e. The third-order valence-electron chi connectivity index (χ3n) is 3.47. The lowest BCUT2D eigenvalue weighted by Gasteiger charge is -2.15. The van der Waals surface area contributed by atoms with Gasteiger partial charge in [0.1, 0.15) is 6.10 Å². The molecule has 0 aromatic heterocycles. The number of benzene rings is 1. The average Bonchev–Trinajstić information content (AvgIpc) is 2.54. The fraction of sp³-hybridized carbons (Fsp3) is 0.316. The van der Waals surface area contributed by atoms with Crippen LogP contribution in [-0.4, -0.2) is 34.5 Å². The summed E-state index contributed by atoms with van der Waals surface area (Å²) in [6.07, 6.45) is 9.98. The maximum Gasteiger partial charge on any atom is 0.331 e. The molecule has 1 heterocycles. The second kappa shape index (κ2) is 9.08. The van der Waals surface area contributed by atoms with Crippen molar-refractivity contribution < 1.29 is 19.7 Å². The summed E-state index contributed by atoms with van der Waals surface area (Å²) in [7, 11) is 0. The fourth-order valence-electron chi connectivity index (χ4n) is 2.28. The first-order valence-corrected chi connectivity index (χ1v) is 7.76. The van der Waals surface area contributed by atoms with Gasteiger partial charge in [0.05, 0.1) is 12.2 Å². The number of ether oxygens (including phenoxy) is 1. The highest BCUT2D eigenvalue weighted by atomic mass is 16.5. The van der Waals surface area contributed by atoms with Crippen molar-refractivity contribution >= 4 is 12.0 Å². The molecule has 23 heavy (non-hydrogen) atoms. The van der Waals surface area contributed by atoms with E-state index >= 15 is 0 Å². The predicted octanol–water partition coefficient (Wildman–Crippen LogP) is 2.63. The standard InChI is InChI=1S/C19H22O4/c20-16(8-4-9-18-10-5-11-19(22)23-18)14-17(21)13-12-15-6-2-1-3-7-15/h1-7,9,11-13,16-18,20-21H,8,10,14H2/b9-4+,13-12+/t16?,17-,18-/m0/s1. The van der Waals surface area contributed by atoms with E-state index in [-0.39, 0.29) is 18.5 Å². The molecular weight excluding hydrogens is 292 g/mol. The number of rotatable bonds is 7. The smallest absolute Gasteiger partial charge is 0.331 e. The Bertz CT molecular complexity index is 574. The van der Waals surface area contributed by atoms with Gasteiger partial charge in [-0.25, -0.2) is 4.79 Å². The van der Waals surface area contributed by atoms with Crippen molar-refractivity contribution in [1.82, 2.24) is 0 Å². The number of hydrogen-bond acceptors (Lipinski definition) is 4. The van der Waals surface area contributed by atoms with Crippen LogP contribution in [0.1, 0.15) is 24.8 Å². The van der Waals surface area contributed by atoms with Gasteiger partial charge in [-0.3, -0.25) is 0 Å². The van der Waals surface area contributed by atoms with Gasteiger partial charge >= 0.3 is 5.97 Å². The van der Waals surface area contributed by atoms with Gasteiger partial charge in [-0.2, -0.15) is 0 Å². The van der Waals surface area contributed by atoms with Crippen LogP contribution in [0.5, 0.6) is 0 Å². The van der Waals surface area contributed by atoms with E-state index in [0.29, 0.717) is 12.8 Å². The molecule has 0 saturated carbocycles. The first-order chi connectivity index (χ1) is 11.1. The zero-order valence-corrected chi connectivity index (χ0v) is 12.9. The van der Waals surface area contributed by atoms with E-state index in [9.17, 15) is 15.0 Å².